The van der Waals surface area contributed by atoms with Crippen LogP contribution in [0.3, 0.4) is 0 Å². The van der Waals surface area contributed by atoms with E-state index in [1.807, 2.05) is 24.5 Å². The Morgan fingerprint density at radius 1 is 1.35 bits per heavy atom. The van der Waals surface area contributed by atoms with Crippen LogP contribution in [-0.2, 0) is 11.3 Å². The average Bonchev–Trinajstić information content (AvgIpc) is 3.24. The number of thioether (sulfide) groups is 1. The van der Waals surface area contributed by atoms with E-state index in [4.69, 9.17) is 4.42 Å². The van der Waals surface area contributed by atoms with Crippen molar-refractivity contribution < 1.29 is 9.21 Å². The first-order valence-corrected chi connectivity index (χ1v) is 8.90. The molecule has 0 fully saturated rings. The van der Waals surface area contributed by atoms with Crippen molar-refractivity contribution in [1.82, 2.24) is 14.5 Å². The zero-order valence-electron chi connectivity index (χ0n) is 14.4. The molecule has 132 valence electrons. The van der Waals surface area contributed by atoms with E-state index in [0.717, 1.165) is 17.0 Å². The summed E-state index contributed by atoms with van der Waals surface area (Å²) in [5, 5.41) is 12.9. The molecule has 0 aliphatic heterocycles. The van der Waals surface area contributed by atoms with Crippen molar-refractivity contribution in [2.75, 3.05) is 11.1 Å². The van der Waals surface area contributed by atoms with Crippen LogP contribution in [0.25, 0.3) is 0 Å². The second kappa shape index (κ2) is 7.89. The summed E-state index contributed by atoms with van der Waals surface area (Å²) in [7, 11) is 0. The van der Waals surface area contributed by atoms with Gasteiger partial charge in [0.15, 0.2) is 5.16 Å². The highest BCUT2D eigenvalue weighted by Crippen LogP contribution is 2.27. The molecule has 1 N–H and O–H groups in total. The molecule has 0 spiro atoms. The Morgan fingerprint density at radius 2 is 2.12 bits per heavy atom. The minimum Gasteiger partial charge on any atom is -0.467 e. The summed E-state index contributed by atoms with van der Waals surface area (Å²) in [6.07, 6.45) is 4.85. The van der Waals surface area contributed by atoms with Crippen LogP contribution < -0.4 is 5.32 Å². The van der Waals surface area contributed by atoms with E-state index in [1.165, 1.54) is 11.8 Å². The van der Waals surface area contributed by atoms with Gasteiger partial charge in [0.2, 0.25) is 5.91 Å². The van der Waals surface area contributed by atoms with Gasteiger partial charge in [-0.1, -0.05) is 11.8 Å². The molecule has 3 heterocycles. The number of nitriles is 1. The molecule has 0 aliphatic rings. The number of carbonyl (C=O) groups is 1. The molecule has 26 heavy (non-hydrogen) atoms. The average molecular weight is 367 g/mol. The SMILES string of the molecule is Cc1c(C#N)c(NC(=O)CSc2ncccn2)n(Cc2ccco2)c1C. The van der Waals surface area contributed by atoms with E-state index < -0.39 is 0 Å². The van der Waals surface area contributed by atoms with E-state index in [-0.39, 0.29) is 11.7 Å². The number of rotatable bonds is 6. The van der Waals surface area contributed by atoms with Crippen molar-refractivity contribution in [2.45, 2.75) is 25.5 Å². The van der Waals surface area contributed by atoms with Crippen molar-refractivity contribution in [1.29, 1.82) is 5.26 Å². The highest BCUT2D eigenvalue weighted by atomic mass is 32.2. The zero-order chi connectivity index (χ0) is 18.5. The number of amides is 1. The van der Waals surface area contributed by atoms with Crippen molar-refractivity contribution >= 4 is 23.5 Å². The first-order chi connectivity index (χ1) is 12.6. The Morgan fingerprint density at radius 3 is 2.77 bits per heavy atom. The van der Waals surface area contributed by atoms with Crippen LogP contribution in [0.15, 0.2) is 46.4 Å². The van der Waals surface area contributed by atoms with Gasteiger partial charge in [-0.3, -0.25) is 4.79 Å². The smallest absolute Gasteiger partial charge is 0.235 e. The summed E-state index contributed by atoms with van der Waals surface area (Å²) in [4.78, 5) is 20.6. The third-order valence-electron chi connectivity index (χ3n) is 3.97. The van der Waals surface area contributed by atoms with Crippen molar-refractivity contribution in [3.05, 3.63) is 59.4 Å². The highest BCUT2D eigenvalue weighted by molar-refractivity contribution is 7.99. The molecule has 3 rings (SSSR count). The fourth-order valence-corrected chi connectivity index (χ4v) is 3.15. The Labute approximate surface area is 155 Å². The Bertz CT molecular complexity index is 942. The molecule has 0 radical (unpaired) electrons. The number of furan rings is 1. The Hall–Kier alpha value is -3.05. The number of nitrogens with one attached hydrogen (secondary N) is 1. The van der Waals surface area contributed by atoms with Crippen LogP contribution in [0.5, 0.6) is 0 Å². The minimum atomic E-state index is -0.225. The Kier molecular flexibility index (Phi) is 5.39. The quantitative estimate of drug-likeness (QED) is 0.531. The van der Waals surface area contributed by atoms with Gasteiger partial charge in [-0.15, -0.1) is 0 Å². The third-order valence-corrected chi connectivity index (χ3v) is 4.84. The van der Waals surface area contributed by atoms with Crippen LogP contribution in [0.2, 0.25) is 0 Å². The molecule has 0 atom stereocenters. The van der Waals surface area contributed by atoms with Crippen LogP contribution in [0, 0.1) is 25.2 Å². The molecule has 7 nitrogen and oxygen atoms in total. The van der Waals surface area contributed by atoms with Crippen LogP contribution >= 0.6 is 11.8 Å². The molecule has 3 aromatic rings. The lowest BCUT2D eigenvalue weighted by atomic mass is 10.2. The third kappa shape index (κ3) is 3.78. The second-order valence-corrected chi connectivity index (χ2v) is 6.52. The van der Waals surface area contributed by atoms with E-state index in [0.29, 0.717) is 23.1 Å². The van der Waals surface area contributed by atoms with Crippen molar-refractivity contribution in [3.8, 4) is 6.07 Å². The Balaban J connectivity index is 1.80. The molecule has 0 unspecified atom stereocenters. The predicted molar refractivity (Wildman–Crippen MR) is 97.8 cm³/mol. The van der Waals surface area contributed by atoms with Gasteiger partial charge in [0.25, 0.3) is 0 Å². The summed E-state index contributed by atoms with van der Waals surface area (Å²) >= 11 is 1.24. The van der Waals surface area contributed by atoms with E-state index >= 15 is 0 Å². The summed E-state index contributed by atoms with van der Waals surface area (Å²) in [6, 6.07) is 7.57. The molecule has 3 aromatic heterocycles. The van der Waals surface area contributed by atoms with Crippen LogP contribution in [0.1, 0.15) is 22.6 Å². The molecule has 8 heteroatoms. The largest absolute Gasteiger partial charge is 0.467 e. The van der Waals surface area contributed by atoms with Gasteiger partial charge in [-0.2, -0.15) is 5.26 Å². The lowest BCUT2D eigenvalue weighted by Crippen LogP contribution is -2.18. The normalized spacial score (nSPS) is 10.5. The fraction of sp³-hybridized carbons (Fsp3) is 0.222. The molecular formula is C18H17N5O2S. The monoisotopic (exact) mass is 367 g/mol. The summed E-state index contributed by atoms with van der Waals surface area (Å²) in [6.45, 7) is 4.22. The highest BCUT2D eigenvalue weighted by Gasteiger charge is 2.20. The molecule has 0 aromatic carbocycles. The van der Waals surface area contributed by atoms with Crippen LogP contribution in [-0.4, -0.2) is 26.2 Å². The van der Waals surface area contributed by atoms with Gasteiger partial charge in [-0.05, 0) is 37.6 Å². The molecule has 0 saturated carbocycles. The van der Waals surface area contributed by atoms with Crippen molar-refractivity contribution in [2.24, 2.45) is 0 Å². The van der Waals surface area contributed by atoms with Crippen LogP contribution in [0.4, 0.5) is 5.82 Å². The number of carbonyl (C=O) groups excluding carboxylic acids is 1. The van der Waals surface area contributed by atoms with E-state index in [1.54, 1.807) is 30.8 Å². The van der Waals surface area contributed by atoms with E-state index in [2.05, 4.69) is 21.4 Å². The standard InChI is InChI=1S/C18H17N5O2S/c1-12-13(2)23(10-14-5-3-8-25-14)17(15(12)9-19)22-16(24)11-26-18-20-6-4-7-21-18/h3-8H,10-11H2,1-2H3,(H,22,24). The lowest BCUT2D eigenvalue weighted by molar-refractivity contribution is -0.113. The van der Waals surface area contributed by atoms with E-state index in [9.17, 15) is 10.1 Å². The topological polar surface area (TPSA) is 96.7 Å². The molecule has 1 amide bonds. The molecular weight excluding hydrogens is 350 g/mol. The van der Waals surface area contributed by atoms with Gasteiger partial charge < -0.3 is 14.3 Å². The summed E-state index contributed by atoms with van der Waals surface area (Å²) in [5.74, 6) is 1.16. The van der Waals surface area contributed by atoms with Gasteiger partial charge in [0, 0.05) is 18.1 Å². The first-order valence-electron chi connectivity index (χ1n) is 7.92. The summed E-state index contributed by atoms with van der Waals surface area (Å²) in [5.41, 5.74) is 2.21. The predicted octanol–water partition coefficient (Wildman–Crippen LogP) is 3.14. The van der Waals surface area contributed by atoms with Gasteiger partial charge in [-0.25, -0.2) is 9.97 Å². The molecule has 0 saturated heterocycles. The summed E-state index contributed by atoms with van der Waals surface area (Å²) < 4.78 is 7.29. The number of aromatic nitrogens is 3. The van der Waals surface area contributed by atoms with Gasteiger partial charge in [0.1, 0.15) is 17.6 Å². The lowest BCUT2D eigenvalue weighted by Gasteiger charge is -2.11. The van der Waals surface area contributed by atoms with Crippen molar-refractivity contribution in [3.63, 3.8) is 0 Å². The minimum absolute atomic E-state index is 0.152. The molecule has 0 bridgehead atoms. The number of hydrogen-bond donors (Lipinski definition) is 1. The number of hydrogen-bond acceptors (Lipinski definition) is 6. The maximum Gasteiger partial charge on any atom is 0.235 e. The fourth-order valence-electron chi connectivity index (χ4n) is 2.54. The molecule has 0 aliphatic carbocycles. The first kappa shape index (κ1) is 17.8. The maximum absolute atomic E-state index is 12.4. The maximum atomic E-state index is 12.4. The number of anilines is 1. The van der Waals surface area contributed by atoms with Gasteiger partial charge >= 0.3 is 0 Å². The van der Waals surface area contributed by atoms with Gasteiger partial charge in [0.05, 0.1) is 24.1 Å². The zero-order valence-corrected chi connectivity index (χ0v) is 15.2. The number of nitrogens with zero attached hydrogens (tertiary/aromatic N) is 4. The second-order valence-electron chi connectivity index (χ2n) is 5.58.